The van der Waals surface area contributed by atoms with E-state index in [2.05, 4.69) is 346 Å². The SMILES string of the molecule is CC(C)(C)c1ccc(-c2ccc3c(c2)C2(C)CCCCC2(C)N3c2cc3c4c(c2)N(c2ccc(C(C)(C)C)cc2-c2ccccc2)c2cc5c(cc2B4c2cc4c(cc2N3c2ccc(C(C)(C)C)cc2-c2ccccc2)C(C)(C)CCC4(C)C)C(C)(C)c2ccccc2C5(C)C)cc1. The molecule has 1 fully saturated rings. The van der Waals surface area contributed by atoms with Gasteiger partial charge in [-0.25, -0.2) is 0 Å². The topological polar surface area (TPSA) is 9.72 Å². The van der Waals surface area contributed by atoms with Crippen LogP contribution >= 0.6 is 0 Å². The Balaban J connectivity index is 1.08. The number of hydrogen-bond acceptors (Lipinski definition) is 3. The number of rotatable bonds is 6. The van der Waals surface area contributed by atoms with Crippen molar-refractivity contribution in [3.63, 3.8) is 0 Å². The molecular weight excluding hydrogens is 1180 g/mol. The van der Waals surface area contributed by atoms with Crippen LogP contribution in [-0.4, -0.2) is 12.3 Å². The third-order valence-electron chi connectivity index (χ3n) is 25.6. The second kappa shape index (κ2) is 21.6. The van der Waals surface area contributed by atoms with Crippen LogP contribution in [0.4, 0.5) is 45.5 Å². The van der Waals surface area contributed by atoms with Gasteiger partial charge in [0, 0.05) is 61.5 Å². The Morgan fingerprint density at radius 3 is 1.23 bits per heavy atom. The number of nitrogens with zero attached hydrogens (tertiary/aromatic N) is 3. The third kappa shape index (κ3) is 9.54. The van der Waals surface area contributed by atoms with Crippen molar-refractivity contribution in [2.75, 3.05) is 14.7 Å². The Kier molecular flexibility index (Phi) is 14.2. The van der Waals surface area contributed by atoms with Crippen LogP contribution in [0.3, 0.4) is 0 Å². The maximum atomic E-state index is 2.89. The van der Waals surface area contributed by atoms with Gasteiger partial charge >= 0.3 is 0 Å². The van der Waals surface area contributed by atoms with Crippen LogP contribution in [0.5, 0.6) is 0 Å². The van der Waals surface area contributed by atoms with Gasteiger partial charge in [-0.1, -0.05) is 277 Å². The van der Waals surface area contributed by atoms with Crippen LogP contribution in [0, 0.1) is 0 Å². The second-order valence-corrected chi connectivity index (χ2v) is 36.4. The van der Waals surface area contributed by atoms with E-state index in [0.29, 0.717) is 0 Å². The van der Waals surface area contributed by atoms with Crippen molar-refractivity contribution in [3.05, 3.63) is 256 Å². The Labute approximate surface area is 587 Å². The summed E-state index contributed by atoms with van der Waals surface area (Å²) in [7, 11) is 0. The first-order chi connectivity index (χ1) is 46.2. The molecule has 3 aliphatic heterocycles. The molecule has 16 rings (SSSR count). The van der Waals surface area contributed by atoms with Gasteiger partial charge in [-0.2, -0.15) is 0 Å². The highest BCUT2D eigenvalue weighted by Gasteiger charge is 2.59. The fraction of sp³-hybridized carbons (Fsp3) is 0.362. The largest absolute Gasteiger partial charge is 0.334 e. The predicted octanol–water partition coefficient (Wildman–Crippen LogP) is 23.7. The lowest BCUT2D eigenvalue weighted by Crippen LogP contribution is -2.62. The molecule has 6 aliphatic rings. The van der Waals surface area contributed by atoms with Gasteiger partial charge in [-0.3, -0.25) is 0 Å². The lowest BCUT2D eigenvalue weighted by molar-refractivity contribution is 0.195. The van der Waals surface area contributed by atoms with E-state index in [9.17, 15) is 0 Å². The lowest BCUT2D eigenvalue weighted by atomic mass is 9.32. The Morgan fingerprint density at radius 1 is 0.316 bits per heavy atom. The van der Waals surface area contributed by atoms with Crippen LogP contribution in [-0.2, 0) is 43.3 Å². The van der Waals surface area contributed by atoms with Crippen molar-refractivity contribution >= 4 is 68.6 Å². The highest BCUT2D eigenvalue weighted by molar-refractivity contribution is 7.00. The summed E-state index contributed by atoms with van der Waals surface area (Å²) in [6.07, 6.45) is 6.84. The summed E-state index contributed by atoms with van der Waals surface area (Å²) < 4.78 is 0. The molecule has 4 heteroatoms. The van der Waals surface area contributed by atoms with Crippen LogP contribution in [0.25, 0.3) is 33.4 Å². The van der Waals surface area contributed by atoms with Crippen molar-refractivity contribution in [2.45, 2.75) is 219 Å². The Bertz CT molecular complexity index is 4900. The quantitative estimate of drug-likeness (QED) is 0.154. The van der Waals surface area contributed by atoms with Crippen LogP contribution in [0.1, 0.15) is 226 Å². The molecule has 10 aromatic rings. The second-order valence-electron chi connectivity index (χ2n) is 36.4. The minimum Gasteiger partial charge on any atom is -0.334 e. The average molecular weight is 1280 g/mol. The zero-order chi connectivity index (χ0) is 69.0. The molecule has 2 atom stereocenters. The van der Waals surface area contributed by atoms with E-state index in [-0.39, 0.29) is 55.6 Å². The number of fused-ring (bicyclic) bond motifs is 10. The maximum Gasteiger partial charge on any atom is 0.252 e. The summed E-state index contributed by atoms with van der Waals surface area (Å²) >= 11 is 0. The molecule has 3 heterocycles. The molecular formula is C94H102BN3. The van der Waals surface area contributed by atoms with Crippen molar-refractivity contribution in [3.8, 4) is 33.4 Å². The summed E-state index contributed by atoms with van der Waals surface area (Å²) in [5, 5.41) is 0. The first kappa shape index (κ1) is 64.3. The molecule has 0 amide bonds. The molecule has 3 aliphatic carbocycles. The van der Waals surface area contributed by atoms with Crippen molar-refractivity contribution < 1.29 is 0 Å². The number of anilines is 8. The molecule has 0 saturated heterocycles. The first-order valence-corrected chi connectivity index (χ1v) is 36.9. The summed E-state index contributed by atoms with van der Waals surface area (Å²) in [5.41, 5.74) is 34.5. The van der Waals surface area contributed by atoms with E-state index in [1.54, 1.807) is 0 Å². The smallest absolute Gasteiger partial charge is 0.252 e. The highest BCUT2D eigenvalue weighted by Crippen LogP contribution is 2.64. The van der Waals surface area contributed by atoms with E-state index in [0.717, 1.165) is 25.7 Å². The summed E-state index contributed by atoms with van der Waals surface area (Å²) in [4.78, 5) is 8.49. The van der Waals surface area contributed by atoms with Crippen LogP contribution < -0.4 is 31.1 Å². The van der Waals surface area contributed by atoms with Gasteiger partial charge in [0.25, 0.3) is 6.71 Å². The average Bonchev–Trinajstić information content (AvgIpc) is 0.829. The lowest BCUT2D eigenvalue weighted by Gasteiger charge is -2.52. The molecule has 10 aromatic carbocycles. The van der Waals surface area contributed by atoms with Gasteiger partial charge < -0.3 is 14.7 Å². The van der Waals surface area contributed by atoms with E-state index >= 15 is 0 Å². The number of hydrogen-bond donors (Lipinski definition) is 0. The van der Waals surface area contributed by atoms with Gasteiger partial charge in [-0.05, 0) is 215 Å². The zero-order valence-corrected chi connectivity index (χ0v) is 62.2. The molecule has 2 unspecified atom stereocenters. The zero-order valence-electron chi connectivity index (χ0n) is 62.2. The standard InChI is InChI=1S/C94H102BN3/c1-86(2,3)63-39-36-59(37-40-63)62-38-43-80-75(50-62)93(18)46-28-29-47-94(93,19)98(80)66-53-83-85-84(54-66)97(79-45-42-65(88(7,8)9)52-68(79)61-32-24-21-25-33-61)82-58-74-73(91(14,15)69-34-26-27-35-70(69)92(74,16)17)56-77(82)95(85)76-55-71-72(90(12,13)49-48-89(71,10)11)57-81(76)96(83)78-44-41-64(87(4,5)6)51-67(78)60-30-22-20-23-31-60/h20-27,30-45,50-58H,28-29,46-49H2,1-19H3. The summed E-state index contributed by atoms with van der Waals surface area (Å²) in [5.74, 6) is 0. The fourth-order valence-electron chi connectivity index (χ4n) is 19.2. The van der Waals surface area contributed by atoms with Crippen LogP contribution in [0.2, 0.25) is 0 Å². The van der Waals surface area contributed by atoms with Gasteiger partial charge in [0.05, 0.1) is 16.9 Å². The minimum absolute atomic E-state index is 0.0449. The van der Waals surface area contributed by atoms with Gasteiger partial charge in [0.2, 0.25) is 0 Å². The molecule has 1 saturated carbocycles. The van der Waals surface area contributed by atoms with Gasteiger partial charge in [-0.15, -0.1) is 0 Å². The third-order valence-corrected chi connectivity index (χ3v) is 25.6. The molecule has 0 N–H and O–H groups in total. The van der Waals surface area contributed by atoms with Crippen molar-refractivity contribution in [1.82, 2.24) is 0 Å². The number of benzene rings is 10. The Morgan fingerprint density at radius 2 is 0.735 bits per heavy atom. The fourth-order valence-corrected chi connectivity index (χ4v) is 19.2. The normalized spacial score (nSPS) is 20.5. The van der Waals surface area contributed by atoms with E-state index in [1.165, 1.54) is 164 Å². The van der Waals surface area contributed by atoms with Crippen LogP contribution in [0.15, 0.2) is 200 Å². The summed E-state index contributed by atoms with van der Waals surface area (Å²) in [6.45, 7) is 46.4. The molecule has 3 nitrogen and oxygen atoms in total. The van der Waals surface area contributed by atoms with Gasteiger partial charge in [0.1, 0.15) is 0 Å². The summed E-state index contributed by atoms with van der Waals surface area (Å²) in [6, 6.07) is 80.4. The molecule has 0 aromatic heterocycles. The predicted molar refractivity (Wildman–Crippen MR) is 422 cm³/mol. The maximum absolute atomic E-state index is 2.89. The monoisotopic (exact) mass is 1280 g/mol. The minimum atomic E-state index is -0.302. The van der Waals surface area contributed by atoms with E-state index in [4.69, 9.17) is 0 Å². The molecule has 0 bridgehead atoms. The molecule has 98 heavy (non-hydrogen) atoms. The van der Waals surface area contributed by atoms with Crippen molar-refractivity contribution in [2.24, 2.45) is 0 Å². The highest BCUT2D eigenvalue weighted by atomic mass is 15.3. The van der Waals surface area contributed by atoms with Crippen molar-refractivity contribution in [1.29, 1.82) is 0 Å². The van der Waals surface area contributed by atoms with Gasteiger partial charge in [0.15, 0.2) is 0 Å². The molecule has 0 spiro atoms. The molecule has 496 valence electrons. The van der Waals surface area contributed by atoms with E-state index in [1.807, 2.05) is 0 Å². The first-order valence-electron chi connectivity index (χ1n) is 36.9. The Hall–Kier alpha value is -8.34. The van der Waals surface area contributed by atoms with E-state index < -0.39 is 0 Å². The molecule has 0 radical (unpaired) electrons.